The van der Waals surface area contributed by atoms with Crippen molar-refractivity contribution in [2.24, 2.45) is 0 Å². The molecule has 0 saturated carbocycles. The van der Waals surface area contributed by atoms with Crippen LogP contribution in [0.15, 0.2) is 29.2 Å². The summed E-state index contributed by atoms with van der Waals surface area (Å²) in [7, 11) is -3.12. The Bertz CT molecular complexity index is 454. The summed E-state index contributed by atoms with van der Waals surface area (Å²) in [5, 5.41) is 3.32. The van der Waals surface area contributed by atoms with E-state index in [1.165, 1.54) is 19.1 Å². The fourth-order valence-corrected chi connectivity index (χ4v) is 2.35. The monoisotopic (exact) mass is 255 g/mol. The summed E-state index contributed by atoms with van der Waals surface area (Å²) in [6.45, 7) is 4.28. The highest BCUT2D eigenvalue weighted by Gasteiger charge is 2.08. The predicted octanol–water partition coefficient (Wildman–Crippen LogP) is 3.08. The molecule has 1 rings (SSSR count). The van der Waals surface area contributed by atoms with Gasteiger partial charge in [0.2, 0.25) is 0 Å². The second kappa shape index (κ2) is 6.05. The Balaban J connectivity index is 2.73. The van der Waals surface area contributed by atoms with Crippen molar-refractivity contribution in [1.29, 1.82) is 0 Å². The molecule has 1 unspecified atom stereocenters. The highest BCUT2D eigenvalue weighted by molar-refractivity contribution is 7.90. The van der Waals surface area contributed by atoms with E-state index in [4.69, 9.17) is 0 Å². The minimum absolute atomic E-state index is 0.366. The zero-order valence-electron chi connectivity index (χ0n) is 10.7. The van der Waals surface area contributed by atoms with Crippen molar-refractivity contribution in [1.82, 2.24) is 0 Å². The molecule has 1 aromatic carbocycles. The Morgan fingerprint density at radius 1 is 1.35 bits per heavy atom. The Hall–Kier alpha value is -1.03. The summed E-state index contributed by atoms with van der Waals surface area (Å²) in [4.78, 5) is 0.366. The highest BCUT2D eigenvalue weighted by Crippen LogP contribution is 2.17. The van der Waals surface area contributed by atoms with Crippen LogP contribution in [0.1, 0.15) is 33.1 Å². The molecule has 0 spiro atoms. The molecule has 0 aliphatic heterocycles. The van der Waals surface area contributed by atoms with Crippen LogP contribution in [0.25, 0.3) is 0 Å². The molecule has 0 amide bonds. The summed E-state index contributed by atoms with van der Waals surface area (Å²) >= 11 is 0. The van der Waals surface area contributed by atoms with E-state index < -0.39 is 9.84 Å². The summed E-state index contributed by atoms with van der Waals surface area (Å²) in [6.07, 6.45) is 4.68. The Labute approximate surface area is 104 Å². The number of unbranched alkanes of at least 4 members (excludes halogenated alkanes) is 1. The van der Waals surface area contributed by atoms with Crippen molar-refractivity contribution < 1.29 is 8.42 Å². The summed E-state index contributed by atoms with van der Waals surface area (Å²) < 4.78 is 22.8. The summed E-state index contributed by atoms with van der Waals surface area (Å²) in [5.41, 5.74) is 0.872. The first kappa shape index (κ1) is 14.0. The van der Waals surface area contributed by atoms with Crippen LogP contribution < -0.4 is 5.32 Å². The quantitative estimate of drug-likeness (QED) is 0.849. The fraction of sp³-hybridized carbons (Fsp3) is 0.538. The van der Waals surface area contributed by atoms with Gasteiger partial charge in [-0.2, -0.15) is 0 Å². The number of hydrogen-bond acceptors (Lipinski definition) is 3. The van der Waals surface area contributed by atoms with Gasteiger partial charge in [0.15, 0.2) is 9.84 Å². The summed E-state index contributed by atoms with van der Waals surface area (Å²) in [5.74, 6) is 0. The third-order valence-corrected chi connectivity index (χ3v) is 3.78. The smallest absolute Gasteiger partial charge is 0.175 e. The van der Waals surface area contributed by atoms with E-state index >= 15 is 0 Å². The van der Waals surface area contributed by atoms with E-state index in [0.29, 0.717) is 10.9 Å². The molecule has 3 nitrogen and oxygen atoms in total. The molecule has 1 aromatic rings. The molecule has 0 heterocycles. The molecule has 0 radical (unpaired) electrons. The largest absolute Gasteiger partial charge is 0.383 e. The lowest BCUT2D eigenvalue weighted by Gasteiger charge is -2.15. The Kier molecular flexibility index (Phi) is 5.00. The third kappa shape index (κ3) is 4.77. The Morgan fingerprint density at radius 3 is 2.65 bits per heavy atom. The first-order valence-electron chi connectivity index (χ1n) is 6.00. The van der Waals surface area contributed by atoms with Crippen LogP contribution in [0.5, 0.6) is 0 Å². The van der Waals surface area contributed by atoms with Crippen molar-refractivity contribution >= 4 is 15.5 Å². The van der Waals surface area contributed by atoms with E-state index in [1.54, 1.807) is 18.2 Å². The molecule has 0 fully saturated rings. The number of sulfone groups is 1. The molecule has 1 atom stereocenters. The molecule has 0 aliphatic rings. The SMILES string of the molecule is CCCCC(C)Nc1cccc(S(C)(=O)=O)c1. The first-order chi connectivity index (χ1) is 7.93. The number of nitrogens with one attached hydrogen (secondary N) is 1. The molecule has 4 heteroatoms. The van der Waals surface area contributed by atoms with Gasteiger partial charge >= 0.3 is 0 Å². The second-order valence-corrected chi connectivity index (χ2v) is 6.50. The van der Waals surface area contributed by atoms with Crippen molar-refractivity contribution in [3.8, 4) is 0 Å². The lowest BCUT2D eigenvalue weighted by molar-refractivity contribution is 0.602. The second-order valence-electron chi connectivity index (χ2n) is 4.49. The van der Waals surface area contributed by atoms with Gasteiger partial charge in [0, 0.05) is 18.0 Å². The first-order valence-corrected chi connectivity index (χ1v) is 7.89. The van der Waals surface area contributed by atoms with Crippen LogP contribution in [0.2, 0.25) is 0 Å². The zero-order chi connectivity index (χ0) is 12.9. The van der Waals surface area contributed by atoms with E-state index in [0.717, 1.165) is 12.1 Å². The fourth-order valence-electron chi connectivity index (χ4n) is 1.68. The van der Waals surface area contributed by atoms with Crippen LogP contribution in [-0.4, -0.2) is 20.7 Å². The predicted molar refractivity (Wildman–Crippen MR) is 72.2 cm³/mol. The van der Waals surface area contributed by atoms with Crippen LogP contribution >= 0.6 is 0 Å². The minimum Gasteiger partial charge on any atom is -0.383 e. The molecule has 0 aliphatic carbocycles. The van der Waals surface area contributed by atoms with Crippen LogP contribution in [0.4, 0.5) is 5.69 Å². The average Bonchev–Trinajstić information content (AvgIpc) is 2.25. The molecular weight excluding hydrogens is 234 g/mol. The van der Waals surface area contributed by atoms with Crippen molar-refractivity contribution in [3.63, 3.8) is 0 Å². The maximum Gasteiger partial charge on any atom is 0.175 e. The van der Waals surface area contributed by atoms with Gasteiger partial charge in [0.25, 0.3) is 0 Å². The van der Waals surface area contributed by atoms with Crippen molar-refractivity contribution in [2.75, 3.05) is 11.6 Å². The third-order valence-electron chi connectivity index (χ3n) is 2.67. The lowest BCUT2D eigenvalue weighted by atomic mass is 10.1. The molecule has 1 N–H and O–H groups in total. The van der Waals surface area contributed by atoms with Gasteiger partial charge in [-0.1, -0.05) is 25.8 Å². The molecule has 96 valence electrons. The van der Waals surface area contributed by atoms with E-state index in [1.807, 2.05) is 6.07 Å². The average molecular weight is 255 g/mol. The standard InChI is InChI=1S/C13H21NO2S/c1-4-5-7-11(2)14-12-8-6-9-13(10-12)17(3,15)16/h6,8-11,14H,4-5,7H2,1-3H3. The topological polar surface area (TPSA) is 46.2 Å². The summed E-state index contributed by atoms with van der Waals surface area (Å²) in [6, 6.07) is 7.35. The van der Waals surface area contributed by atoms with Gasteiger partial charge in [0.1, 0.15) is 0 Å². The van der Waals surface area contributed by atoms with Crippen LogP contribution in [0, 0.1) is 0 Å². The lowest BCUT2D eigenvalue weighted by Crippen LogP contribution is -2.15. The van der Waals surface area contributed by atoms with Gasteiger partial charge in [-0.3, -0.25) is 0 Å². The zero-order valence-corrected chi connectivity index (χ0v) is 11.5. The normalized spacial score (nSPS) is 13.4. The van der Waals surface area contributed by atoms with Gasteiger partial charge < -0.3 is 5.32 Å². The van der Waals surface area contributed by atoms with Crippen molar-refractivity contribution in [2.45, 2.75) is 44.0 Å². The number of rotatable bonds is 6. The molecule has 0 bridgehead atoms. The highest BCUT2D eigenvalue weighted by atomic mass is 32.2. The molecular formula is C13H21NO2S. The number of hydrogen-bond donors (Lipinski definition) is 1. The number of benzene rings is 1. The van der Waals surface area contributed by atoms with Gasteiger partial charge in [0.05, 0.1) is 4.90 Å². The maximum atomic E-state index is 11.4. The van der Waals surface area contributed by atoms with Gasteiger partial charge in [-0.05, 0) is 31.5 Å². The van der Waals surface area contributed by atoms with Crippen LogP contribution in [-0.2, 0) is 9.84 Å². The minimum atomic E-state index is -3.12. The van der Waals surface area contributed by atoms with E-state index in [2.05, 4.69) is 19.2 Å². The van der Waals surface area contributed by atoms with E-state index in [9.17, 15) is 8.42 Å². The van der Waals surface area contributed by atoms with Gasteiger partial charge in [-0.15, -0.1) is 0 Å². The molecule has 17 heavy (non-hydrogen) atoms. The molecule has 0 aromatic heterocycles. The van der Waals surface area contributed by atoms with Crippen LogP contribution in [0.3, 0.4) is 0 Å². The van der Waals surface area contributed by atoms with Gasteiger partial charge in [-0.25, -0.2) is 8.42 Å². The number of anilines is 1. The maximum absolute atomic E-state index is 11.4. The molecule has 0 saturated heterocycles. The Morgan fingerprint density at radius 2 is 2.06 bits per heavy atom. The van der Waals surface area contributed by atoms with Crippen molar-refractivity contribution in [3.05, 3.63) is 24.3 Å². The van der Waals surface area contributed by atoms with E-state index in [-0.39, 0.29) is 0 Å².